The lowest BCUT2D eigenvalue weighted by Crippen LogP contribution is -2.22. The van der Waals surface area contributed by atoms with Crippen LogP contribution in [0.2, 0.25) is 5.02 Å². The van der Waals surface area contributed by atoms with Crippen molar-refractivity contribution in [3.8, 4) is 17.4 Å². The molecule has 202 valence electrons. The van der Waals surface area contributed by atoms with Crippen LogP contribution < -0.4 is 15.1 Å². The predicted octanol–water partition coefficient (Wildman–Crippen LogP) is 6.73. The normalized spacial score (nSPS) is 11.8. The van der Waals surface area contributed by atoms with Crippen LogP contribution in [0.1, 0.15) is 22.3 Å². The topological polar surface area (TPSA) is 85.9 Å². The number of benzene rings is 2. The van der Waals surface area contributed by atoms with Crippen molar-refractivity contribution >= 4 is 17.3 Å². The molecule has 2 aromatic heterocycles. The van der Waals surface area contributed by atoms with Crippen LogP contribution in [0, 0.1) is 5.41 Å². The van der Waals surface area contributed by atoms with Gasteiger partial charge >= 0.3 is 12.4 Å². The second-order valence-electron chi connectivity index (χ2n) is 7.89. The van der Waals surface area contributed by atoms with Gasteiger partial charge in [0, 0.05) is 30.2 Å². The van der Waals surface area contributed by atoms with Crippen LogP contribution in [0.15, 0.2) is 74.0 Å². The molecule has 2 heterocycles. The SMILES string of the molecule is C=C(c1cncnc1)n1ccc(OCc2ccc(Oc3ccc(Cl)c(C(F)(F)F)c3)c(C(F)(F)F)c2)nc1=N. The number of nitrogens with zero attached hydrogens (tertiary/aromatic N) is 4. The summed E-state index contributed by atoms with van der Waals surface area (Å²) in [7, 11) is 0. The third-order valence-electron chi connectivity index (χ3n) is 5.20. The Labute approximate surface area is 221 Å². The molecular formula is C25H16ClF6N5O2. The molecule has 0 saturated carbocycles. The van der Waals surface area contributed by atoms with E-state index >= 15 is 0 Å². The van der Waals surface area contributed by atoms with E-state index < -0.39 is 40.0 Å². The van der Waals surface area contributed by atoms with Crippen LogP contribution in [0.25, 0.3) is 5.70 Å². The summed E-state index contributed by atoms with van der Waals surface area (Å²) >= 11 is 5.56. The highest BCUT2D eigenvalue weighted by Gasteiger charge is 2.36. The maximum Gasteiger partial charge on any atom is 0.419 e. The first-order chi connectivity index (χ1) is 18.3. The molecule has 0 amide bonds. The molecule has 39 heavy (non-hydrogen) atoms. The zero-order valence-corrected chi connectivity index (χ0v) is 20.3. The van der Waals surface area contributed by atoms with Crippen LogP contribution in [0.3, 0.4) is 0 Å². The van der Waals surface area contributed by atoms with E-state index in [-0.39, 0.29) is 23.7 Å². The lowest BCUT2D eigenvalue weighted by atomic mass is 10.1. The van der Waals surface area contributed by atoms with Gasteiger partial charge in [0.25, 0.3) is 0 Å². The van der Waals surface area contributed by atoms with Crippen molar-refractivity contribution in [2.45, 2.75) is 19.0 Å². The standard InChI is InChI=1S/C25H16ClF6N5O2/c1-14(16-10-34-13-35-11-16)37-7-6-22(36-23(37)33)38-12-15-2-5-21(19(8-15)25(30,31)32)39-17-3-4-20(26)18(9-17)24(27,28)29/h2-11,13,33H,1,12H2. The zero-order chi connectivity index (χ0) is 28.4. The average molecular weight is 568 g/mol. The van der Waals surface area contributed by atoms with Crippen LogP contribution in [0.4, 0.5) is 26.3 Å². The third kappa shape index (κ3) is 6.55. The van der Waals surface area contributed by atoms with Gasteiger partial charge < -0.3 is 9.47 Å². The molecule has 7 nitrogen and oxygen atoms in total. The van der Waals surface area contributed by atoms with E-state index in [1.165, 1.54) is 41.6 Å². The van der Waals surface area contributed by atoms with Gasteiger partial charge in [0.1, 0.15) is 24.4 Å². The van der Waals surface area contributed by atoms with Gasteiger partial charge in [-0.3, -0.25) is 9.98 Å². The molecule has 0 fully saturated rings. The minimum Gasteiger partial charge on any atom is -0.473 e. The fourth-order valence-electron chi connectivity index (χ4n) is 3.34. The molecule has 0 unspecified atom stereocenters. The van der Waals surface area contributed by atoms with Gasteiger partial charge in [-0.05, 0) is 35.9 Å². The molecule has 0 saturated heterocycles. The number of alkyl halides is 6. The number of halogens is 7. The lowest BCUT2D eigenvalue weighted by Gasteiger charge is -2.17. The highest BCUT2D eigenvalue weighted by Crippen LogP contribution is 2.41. The molecule has 0 atom stereocenters. The molecule has 0 aliphatic rings. The Kier molecular flexibility index (Phi) is 7.63. The largest absolute Gasteiger partial charge is 0.473 e. The fraction of sp³-hybridized carbons (Fsp3) is 0.120. The van der Waals surface area contributed by atoms with E-state index in [1.807, 2.05) is 0 Å². The highest BCUT2D eigenvalue weighted by molar-refractivity contribution is 6.31. The van der Waals surface area contributed by atoms with E-state index in [0.717, 1.165) is 24.3 Å². The summed E-state index contributed by atoms with van der Waals surface area (Å²) in [6.07, 6.45) is -3.93. The van der Waals surface area contributed by atoms with Gasteiger partial charge in [-0.1, -0.05) is 24.2 Å². The molecule has 4 rings (SSSR count). The third-order valence-corrected chi connectivity index (χ3v) is 5.53. The fourth-order valence-corrected chi connectivity index (χ4v) is 3.56. The predicted molar refractivity (Wildman–Crippen MR) is 127 cm³/mol. The number of hydrogen-bond acceptors (Lipinski definition) is 6. The van der Waals surface area contributed by atoms with Crippen molar-refractivity contribution in [1.29, 1.82) is 5.41 Å². The molecule has 0 spiro atoms. The zero-order valence-electron chi connectivity index (χ0n) is 19.5. The van der Waals surface area contributed by atoms with Crippen LogP contribution in [-0.2, 0) is 19.0 Å². The van der Waals surface area contributed by atoms with Crippen LogP contribution in [0.5, 0.6) is 17.4 Å². The highest BCUT2D eigenvalue weighted by atomic mass is 35.5. The monoisotopic (exact) mass is 567 g/mol. The summed E-state index contributed by atoms with van der Waals surface area (Å²) < 4.78 is 92.6. The van der Waals surface area contributed by atoms with Crippen molar-refractivity contribution in [2.75, 3.05) is 0 Å². The first-order valence-electron chi connectivity index (χ1n) is 10.8. The van der Waals surface area contributed by atoms with Gasteiger partial charge in [-0.25, -0.2) is 9.97 Å². The number of ether oxygens (including phenoxy) is 2. The van der Waals surface area contributed by atoms with Crippen molar-refractivity contribution in [3.63, 3.8) is 0 Å². The second-order valence-corrected chi connectivity index (χ2v) is 8.30. The molecule has 0 bridgehead atoms. The Bertz CT molecular complexity index is 1570. The van der Waals surface area contributed by atoms with Crippen molar-refractivity contribution in [1.82, 2.24) is 19.5 Å². The molecule has 2 aromatic carbocycles. The minimum atomic E-state index is -4.89. The molecule has 4 aromatic rings. The van der Waals surface area contributed by atoms with Crippen LogP contribution in [-0.4, -0.2) is 19.5 Å². The van der Waals surface area contributed by atoms with Crippen molar-refractivity contribution in [2.24, 2.45) is 0 Å². The van der Waals surface area contributed by atoms with E-state index in [2.05, 4.69) is 21.5 Å². The van der Waals surface area contributed by atoms with Gasteiger partial charge in [0.2, 0.25) is 11.5 Å². The summed E-state index contributed by atoms with van der Waals surface area (Å²) in [5, 5.41) is 7.50. The molecule has 0 aliphatic heterocycles. The van der Waals surface area contributed by atoms with E-state index in [4.69, 9.17) is 26.5 Å². The number of nitrogens with one attached hydrogen (secondary N) is 1. The Balaban J connectivity index is 1.53. The molecule has 0 aliphatic carbocycles. The van der Waals surface area contributed by atoms with Gasteiger partial charge in [0.15, 0.2) is 0 Å². The van der Waals surface area contributed by atoms with E-state index in [9.17, 15) is 26.3 Å². The first-order valence-corrected chi connectivity index (χ1v) is 11.2. The summed E-state index contributed by atoms with van der Waals surface area (Å²) in [4.78, 5) is 11.7. The average Bonchev–Trinajstić information content (AvgIpc) is 2.88. The summed E-state index contributed by atoms with van der Waals surface area (Å²) in [6, 6.07) is 6.80. The van der Waals surface area contributed by atoms with E-state index in [1.54, 1.807) is 0 Å². The first kappa shape index (κ1) is 27.6. The number of rotatable bonds is 7. The Morgan fingerprint density at radius 3 is 2.28 bits per heavy atom. The smallest absolute Gasteiger partial charge is 0.419 e. The summed E-state index contributed by atoms with van der Waals surface area (Å²) in [6.45, 7) is 3.52. The number of aromatic nitrogens is 4. The van der Waals surface area contributed by atoms with Gasteiger partial charge in [0.05, 0.1) is 21.8 Å². The summed E-state index contributed by atoms with van der Waals surface area (Å²) in [5.41, 5.74) is -1.75. The summed E-state index contributed by atoms with van der Waals surface area (Å²) in [5.74, 6) is -1.23. The van der Waals surface area contributed by atoms with Crippen molar-refractivity contribution in [3.05, 3.63) is 107 Å². The Hall–Kier alpha value is -4.39. The minimum absolute atomic E-state index is 0.0388. The molecule has 1 N–H and O–H groups in total. The maximum absolute atomic E-state index is 13.8. The quantitative estimate of drug-likeness (QED) is 0.250. The number of hydrogen-bond donors (Lipinski definition) is 1. The Morgan fingerprint density at radius 1 is 0.949 bits per heavy atom. The van der Waals surface area contributed by atoms with E-state index in [0.29, 0.717) is 17.3 Å². The second kappa shape index (κ2) is 10.8. The van der Waals surface area contributed by atoms with Gasteiger partial charge in [-0.15, -0.1) is 0 Å². The maximum atomic E-state index is 13.8. The molecular weight excluding hydrogens is 552 g/mol. The molecule has 0 radical (unpaired) electrons. The Morgan fingerprint density at radius 2 is 1.64 bits per heavy atom. The van der Waals surface area contributed by atoms with Gasteiger partial charge in [-0.2, -0.15) is 31.3 Å². The van der Waals surface area contributed by atoms with Crippen LogP contribution >= 0.6 is 11.6 Å². The molecule has 14 heteroatoms. The lowest BCUT2D eigenvalue weighted by molar-refractivity contribution is -0.139. The van der Waals surface area contributed by atoms with Crippen molar-refractivity contribution < 1.29 is 35.8 Å².